The van der Waals surface area contributed by atoms with Crippen molar-refractivity contribution >= 4 is 11.7 Å². The average molecular weight is 276 g/mol. The molecule has 20 heavy (non-hydrogen) atoms. The third-order valence-electron chi connectivity index (χ3n) is 4.33. The number of carbonyl (C=O) groups is 1. The molecule has 1 aliphatic rings. The largest absolute Gasteiger partial charge is 0.478 e. The van der Waals surface area contributed by atoms with Crippen LogP contribution in [-0.4, -0.2) is 41.7 Å². The molecule has 4 heteroatoms. The Labute approximate surface area is 120 Å². The van der Waals surface area contributed by atoms with Crippen molar-refractivity contribution in [2.24, 2.45) is 5.92 Å². The quantitative estimate of drug-likeness (QED) is 0.868. The minimum Gasteiger partial charge on any atom is -0.478 e. The van der Waals surface area contributed by atoms with Crippen LogP contribution in [0.1, 0.15) is 37.0 Å². The van der Waals surface area contributed by atoms with Crippen LogP contribution in [0.15, 0.2) is 24.3 Å². The normalized spacial score (nSPS) is 18.7. The number of carboxylic acids is 1. The lowest BCUT2D eigenvalue weighted by Crippen LogP contribution is -2.39. The zero-order valence-electron chi connectivity index (χ0n) is 12.3. The van der Waals surface area contributed by atoms with Gasteiger partial charge in [-0.3, -0.25) is 0 Å². The van der Waals surface area contributed by atoms with Crippen LogP contribution >= 0.6 is 0 Å². The molecule has 0 bridgehead atoms. The van der Waals surface area contributed by atoms with Gasteiger partial charge in [0.05, 0.1) is 5.56 Å². The molecule has 2 rings (SSSR count). The lowest BCUT2D eigenvalue weighted by Gasteiger charge is -2.35. The van der Waals surface area contributed by atoms with Gasteiger partial charge in [0.2, 0.25) is 0 Å². The highest BCUT2D eigenvalue weighted by Crippen LogP contribution is 2.24. The van der Waals surface area contributed by atoms with Crippen molar-refractivity contribution in [3.05, 3.63) is 29.8 Å². The van der Waals surface area contributed by atoms with Gasteiger partial charge in [0, 0.05) is 11.7 Å². The molecule has 0 radical (unpaired) electrons. The second-order valence-corrected chi connectivity index (χ2v) is 5.56. The van der Waals surface area contributed by atoms with Gasteiger partial charge in [-0.25, -0.2) is 4.79 Å². The fraction of sp³-hybridized carbons (Fsp3) is 0.562. The molecule has 1 heterocycles. The van der Waals surface area contributed by atoms with Crippen LogP contribution in [0.4, 0.5) is 5.69 Å². The average Bonchev–Trinajstić information content (AvgIpc) is 2.47. The molecule has 1 saturated heterocycles. The smallest absolute Gasteiger partial charge is 0.337 e. The van der Waals surface area contributed by atoms with Crippen LogP contribution in [0.25, 0.3) is 0 Å². The first-order chi connectivity index (χ1) is 9.61. The summed E-state index contributed by atoms with van der Waals surface area (Å²) in [4.78, 5) is 13.7. The molecule has 1 aromatic carbocycles. The van der Waals surface area contributed by atoms with Crippen molar-refractivity contribution in [3.63, 3.8) is 0 Å². The summed E-state index contributed by atoms with van der Waals surface area (Å²) in [5, 5.41) is 12.6. The number of carboxylic acid groups (broad SMARTS) is 1. The van der Waals surface area contributed by atoms with E-state index in [1.54, 1.807) is 12.1 Å². The molecular formula is C16H24N2O2. The van der Waals surface area contributed by atoms with Gasteiger partial charge in [0.25, 0.3) is 0 Å². The standard InChI is InChI=1S/C16H24N2O2/c1-3-18-10-8-13(9-11-18)12(2)17-15-7-5-4-6-14(15)16(19)20/h4-7,12-13,17H,3,8-11H2,1-2H3,(H,19,20). The predicted molar refractivity (Wildman–Crippen MR) is 81.3 cm³/mol. The number of benzene rings is 1. The molecule has 1 atom stereocenters. The molecular weight excluding hydrogens is 252 g/mol. The summed E-state index contributed by atoms with van der Waals surface area (Å²) < 4.78 is 0. The Bertz CT molecular complexity index is 454. The Morgan fingerprint density at radius 3 is 2.65 bits per heavy atom. The minimum absolute atomic E-state index is 0.300. The number of hydrogen-bond acceptors (Lipinski definition) is 3. The molecule has 1 aliphatic heterocycles. The van der Waals surface area contributed by atoms with Crippen molar-refractivity contribution in [1.29, 1.82) is 0 Å². The van der Waals surface area contributed by atoms with E-state index in [-0.39, 0.29) is 0 Å². The Morgan fingerprint density at radius 2 is 2.05 bits per heavy atom. The van der Waals surface area contributed by atoms with Gasteiger partial charge >= 0.3 is 5.97 Å². The molecule has 1 fully saturated rings. The maximum Gasteiger partial charge on any atom is 0.337 e. The number of rotatable bonds is 5. The first-order valence-electron chi connectivity index (χ1n) is 7.43. The van der Waals surface area contributed by atoms with E-state index >= 15 is 0 Å². The number of hydrogen-bond donors (Lipinski definition) is 2. The van der Waals surface area contributed by atoms with Crippen LogP contribution in [-0.2, 0) is 0 Å². The number of nitrogens with zero attached hydrogens (tertiary/aromatic N) is 1. The number of likely N-dealkylation sites (tertiary alicyclic amines) is 1. The van der Waals surface area contributed by atoms with E-state index in [0.717, 1.165) is 25.3 Å². The van der Waals surface area contributed by atoms with Crippen molar-refractivity contribution in [2.75, 3.05) is 25.0 Å². The molecule has 1 unspecified atom stereocenters. The maximum absolute atomic E-state index is 11.2. The summed E-state index contributed by atoms with van der Waals surface area (Å²) in [6.07, 6.45) is 2.36. The highest BCUT2D eigenvalue weighted by atomic mass is 16.4. The molecule has 2 N–H and O–H groups in total. The first kappa shape index (κ1) is 14.9. The van der Waals surface area contributed by atoms with Gasteiger partial charge in [0.15, 0.2) is 0 Å². The minimum atomic E-state index is -0.874. The van der Waals surface area contributed by atoms with Crippen molar-refractivity contribution in [2.45, 2.75) is 32.7 Å². The summed E-state index contributed by atoms with van der Waals surface area (Å²) in [5.74, 6) is -0.263. The molecule has 4 nitrogen and oxygen atoms in total. The summed E-state index contributed by atoms with van der Waals surface area (Å²) >= 11 is 0. The first-order valence-corrected chi connectivity index (χ1v) is 7.43. The summed E-state index contributed by atoms with van der Waals surface area (Å²) in [6, 6.07) is 7.44. The summed E-state index contributed by atoms with van der Waals surface area (Å²) in [7, 11) is 0. The van der Waals surface area contributed by atoms with E-state index in [1.165, 1.54) is 12.8 Å². The second kappa shape index (κ2) is 6.75. The zero-order valence-corrected chi connectivity index (χ0v) is 12.3. The fourth-order valence-corrected chi connectivity index (χ4v) is 2.93. The van der Waals surface area contributed by atoms with E-state index in [9.17, 15) is 9.90 Å². The van der Waals surface area contributed by atoms with Gasteiger partial charge in [-0.2, -0.15) is 0 Å². The molecule has 0 saturated carbocycles. The van der Waals surface area contributed by atoms with Crippen molar-refractivity contribution in [1.82, 2.24) is 4.90 Å². The van der Waals surface area contributed by atoms with E-state index in [1.807, 2.05) is 12.1 Å². The lowest BCUT2D eigenvalue weighted by atomic mass is 9.90. The number of piperidine rings is 1. The summed E-state index contributed by atoms with van der Waals surface area (Å²) in [6.45, 7) is 7.77. The van der Waals surface area contributed by atoms with Crippen molar-refractivity contribution in [3.8, 4) is 0 Å². The monoisotopic (exact) mass is 276 g/mol. The number of aromatic carboxylic acids is 1. The van der Waals surface area contributed by atoms with Crippen LogP contribution in [0.5, 0.6) is 0 Å². The van der Waals surface area contributed by atoms with E-state index < -0.39 is 5.97 Å². The molecule has 0 amide bonds. The zero-order chi connectivity index (χ0) is 14.5. The Kier molecular flexibility index (Phi) is 5.01. The number of para-hydroxylation sites is 1. The Hall–Kier alpha value is -1.55. The Morgan fingerprint density at radius 1 is 1.40 bits per heavy atom. The lowest BCUT2D eigenvalue weighted by molar-refractivity contribution is 0.0698. The fourth-order valence-electron chi connectivity index (χ4n) is 2.93. The van der Waals surface area contributed by atoms with Gasteiger partial charge in [-0.1, -0.05) is 19.1 Å². The summed E-state index contributed by atoms with van der Waals surface area (Å²) in [5.41, 5.74) is 1.08. The van der Waals surface area contributed by atoms with Gasteiger partial charge in [-0.05, 0) is 57.5 Å². The van der Waals surface area contributed by atoms with Crippen LogP contribution in [0.3, 0.4) is 0 Å². The van der Waals surface area contributed by atoms with Crippen LogP contribution in [0.2, 0.25) is 0 Å². The maximum atomic E-state index is 11.2. The molecule has 110 valence electrons. The van der Waals surface area contributed by atoms with Crippen LogP contribution < -0.4 is 5.32 Å². The van der Waals surface area contributed by atoms with E-state index in [0.29, 0.717) is 17.5 Å². The third-order valence-corrected chi connectivity index (χ3v) is 4.33. The second-order valence-electron chi connectivity index (χ2n) is 5.56. The Balaban J connectivity index is 1.98. The molecule has 0 aliphatic carbocycles. The third kappa shape index (κ3) is 3.51. The molecule has 1 aromatic rings. The van der Waals surface area contributed by atoms with Crippen molar-refractivity contribution < 1.29 is 9.90 Å². The SMILES string of the molecule is CCN1CCC(C(C)Nc2ccccc2C(=O)O)CC1. The predicted octanol–water partition coefficient (Wildman–Crippen LogP) is 2.92. The van der Waals surface area contributed by atoms with E-state index in [2.05, 4.69) is 24.1 Å². The molecule has 0 spiro atoms. The highest BCUT2D eigenvalue weighted by molar-refractivity contribution is 5.94. The number of anilines is 1. The van der Waals surface area contributed by atoms with Crippen LogP contribution in [0, 0.1) is 5.92 Å². The van der Waals surface area contributed by atoms with Gasteiger partial charge in [-0.15, -0.1) is 0 Å². The van der Waals surface area contributed by atoms with Gasteiger partial charge < -0.3 is 15.3 Å². The number of nitrogens with one attached hydrogen (secondary N) is 1. The topological polar surface area (TPSA) is 52.6 Å². The van der Waals surface area contributed by atoms with E-state index in [4.69, 9.17) is 0 Å². The highest BCUT2D eigenvalue weighted by Gasteiger charge is 2.23. The van der Waals surface area contributed by atoms with Gasteiger partial charge in [0.1, 0.15) is 0 Å². The molecule has 0 aromatic heterocycles.